The predicted molar refractivity (Wildman–Crippen MR) is 71.6 cm³/mol. The number of hydrazone groups is 1. The number of carbonyl (C=O) groups excluding carboxylic acids is 1. The van der Waals surface area contributed by atoms with Crippen LogP contribution in [0, 0.1) is 0 Å². The SMILES string of the molecule is CC1CC=NN1C(=O)NS(=O)(=O)c1ccccc1C(F)(F)F. The van der Waals surface area contributed by atoms with E-state index in [9.17, 15) is 26.4 Å². The van der Waals surface area contributed by atoms with E-state index in [-0.39, 0.29) is 6.04 Å². The van der Waals surface area contributed by atoms with Crippen LogP contribution >= 0.6 is 0 Å². The minimum absolute atomic E-state index is 0.368. The van der Waals surface area contributed by atoms with Crippen LogP contribution < -0.4 is 4.72 Å². The van der Waals surface area contributed by atoms with Gasteiger partial charge < -0.3 is 0 Å². The van der Waals surface area contributed by atoms with E-state index in [0.29, 0.717) is 12.5 Å². The van der Waals surface area contributed by atoms with Crippen LogP contribution in [0.25, 0.3) is 0 Å². The number of urea groups is 1. The molecule has 0 saturated carbocycles. The first-order valence-corrected chi connectivity index (χ1v) is 7.66. The van der Waals surface area contributed by atoms with Crippen LogP contribution in [-0.4, -0.2) is 31.7 Å². The van der Waals surface area contributed by atoms with Gasteiger partial charge in [-0.05, 0) is 19.1 Å². The first kappa shape index (κ1) is 16.3. The largest absolute Gasteiger partial charge is 0.417 e. The van der Waals surface area contributed by atoms with Gasteiger partial charge in [-0.15, -0.1) is 0 Å². The summed E-state index contributed by atoms with van der Waals surface area (Å²) in [7, 11) is -4.67. The number of benzene rings is 1. The van der Waals surface area contributed by atoms with Crippen LogP contribution in [0.3, 0.4) is 0 Å². The molecule has 2 amide bonds. The highest BCUT2D eigenvalue weighted by molar-refractivity contribution is 7.90. The zero-order chi connectivity index (χ0) is 16.5. The van der Waals surface area contributed by atoms with E-state index in [1.54, 1.807) is 11.6 Å². The van der Waals surface area contributed by atoms with Crippen molar-refractivity contribution in [3.05, 3.63) is 29.8 Å². The Kier molecular flexibility index (Phi) is 4.14. The maximum atomic E-state index is 12.9. The summed E-state index contributed by atoms with van der Waals surface area (Å²) >= 11 is 0. The minimum atomic E-state index is -4.85. The van der Waals surface area contributed by atoms with Crippen molar-refractivity contribution in [3.63, 3.8) is 0 Å². The molecule has 120 valence electrons. The van der Waals surface area contributed by atoms with Gasteiger partial charge in [-0.25, -0.2) is 22.9 Å². The quantitative estimate of drug-likeness (QED) is 0.900. The van der Waals surface area contributed by atoms with Crippen LogP contribution in [0.1, 0.15) is 18.9 Å². The van der Waals surface area contributed by atoms with Gasteiger partial charge in [0.2, 0.25) is 0 Å². The molecule has 2 rings (SSSR count). The van der Waals surface area contributed by atoms with Gasteiger partial charge in [0, 0.05) is 12.6 Å². The zero-order valence-corrected chi connectivity index (χ0v) is 12.1. The molecule has 6 nitrogen and oxygen atoms in total. The van der Waals surface area contributed by atoms with Gasteiger partial charge in [0.15, 0.2) is 0 Å². The van der Waals surface area contributed by atoms with Crippen molar-refractivity contribution < 1.29 is 26.4 Å². The lowest BCUT2D eigenvalue weighted by atomic mass is 10.2. The molecular weight excluding hydrogens is 323 g/mol. The number of halogens is 3. The minimum Gasteiger partial charge on any atom is -0.246 e. The number of nitrogens with zero attached hydrogens (tertiary/aromatic N) is 2. The molecule has 1 N–H and O–H groups in total. The Morgan fingerprint density at radius 1 is 1.36 bits per heavy atom. The summed E-state index contributed by atoms with van der Waals surface area (Å²) in [5.74, 6) is 0. The van der Waals surface area contributed by atoms with E-state index in [0.717, 1.165) is 23.2 Å². The molecule has 1 aromatic carbocycles. The monoisotopic (exact) mass is 335 g/mol. The molecule has 1 heterocycles. The highest BCUT2D eigenvalue weighted by Gasteiger charge is 2.38. The Hall–Kier alpha value is -2.10. The van der Waals surface area contributed by atoms with Crippen molar-refractivity contribution in [2.45, 2.75) is 30.5 Å². The fraction of sp³-hybridized carbons (Fsp3) is 0.333. The molecule has 10 heteroatoms. The number of sulfonamides is 1. The Bertz CT molecular complexity index is 716. The maximum absolute atomic E-state index is 12.9. The third-order valence-electron chi connectivity index (χ3n) is 2.98. The molecule has 0 fully saturated rings. The Balaban J connectivity index is 2.32. The van der Waals surface area contributed by atoms with Crippen LogP contribution in [0.15, 0.2) is 34.3 Å². The van der Waals surface area contributed by atoms with E-state index in [4.69, 9.17) is 0 Å². The molecule has 0 bridgehead atoms. The second-order valence-electron chi connectivity index (χ2n) is 4.63. The number of nitrogens with one attached hydrogen (secondary N) is 1. The Morgan fingerprint density at radius 2 is 2.00 bits per heavy atom. The smallest absolute Gasteiger partial charge is 0.246 e. The number of rotatable bonds is 2. The van der Waals surface area contributed by atoms with Gasteiger partial charge in [0.25, 0.3) is 10.0 Å². The normalized spacial score (nSPS) is 18.5. The Morgan fingerprint density at radius 3 is 2.55 bits per heavy atom. The fourth-order valence-corrected chi connectivity index (χ4v) is 3.07. The van der Waals surface area contributed by atoms with E-state index < -0.39 is 32.7 Å². The molecule has 0 aliphatic carbocycles. The molecule has 0 radical (unpaired) electrons. The average molecular weight is 335 g/mol. The van der Waals surface area contributed by atoms with Crippen LogP contribution in [-0.2, 0) is 16.2 Å². The van der Waals surface area contributed by atoms with E-state index >= 15 is 0 Å². The zero-order valence-electron chi connectivity index (χ0n) is 11.3. The van der Waals surface area contributed by atoms with Crippen LogP contribution in [0.4, 0.5) is 18.0 Å². The van der Waals surface area contributed by atoms with Crippen molar-refractivity contribution in [2.75, 3.05) is 0 Å². The topological polar surface area (TPSA) is 78.8 Å². The molecule has 0 saturated heterocycles. The number of hydrogen-bond donors (Lipinski definition) is 1. The average Bonchev–Trinajstić information content (AvgIpc) is 2.83. The van der Waals surface area contributed by atoms with Crippen molar-refractivity contribution in [3.8, 4) is 0 Å². The first-order valence-electron chi connectivity index (χ1n) is 6.17. The second-order valence-corrected chi connectivity index (χ2v) is 6.28. The lowest BCUT2D eigenvalue weighted by Crippen LogP contribution is -2.42. The highest BCUT2D eigenvalue weighted by Crippen LogP contribution is 2.33. The predicted octanol–water partition coefficient (Wildman–Crippen LogP) is 2.18. The van der Waals surface area contributed by atoms with Crippen LogP contribution in [0.2, 0.25) is 0 Å². The van der Waals surface area contributed by atoms with Crippen molar-refractivity contribution >= 4 is 22.3 Å². The molecule has 0 spiro atoms. The van der Waals surface area contributed by atoms with Crippen LogP contribution in [0.5, 0.6) is 0 Å². The van der Waals surface area contributed by atoms with E-state index in [1.165, 1.54) is 6.21 Å². The van der Waals surface area contributed by atoms with Gasteiger partial charge in [-0.2, -0.15) is 18.3 Å². The summed E-state index contributed by atoms with van der Waals surface area (Å²) < 4.78 is 64.3. The Labute approximate surface area is 124 Å². The molecule has 22 heavy (non-hydrogen) atoms. The fourth-order valence-electron chi connectivity index (χ4n) is 1.91. The molecular formula is C12H12F3N3O3S. The highest BCUT2D eigenvalue weighted by atomic mass is 32.2. The number of alkyl halides is 3. The summed E-state index contributed by atoms with van der Waals surface area (Å²) in [6.45, 7) is 1.63. The summed E-state index contributed by atoms with van der Waals surface area (Å²) in [6.07, 6.45) is -3.00. The number of amides is 2. The van der Waals surface area contributed by atoms with Gasteiger partial charge in [0.05, 0.1) is 16.5 Å². The van der Waals surface area contributed by atoms with Gasteiger partial charge in [-0.1, -0.05) is 12.1 Å². The van der Waals surface area contributed by atoms with Gasteiger partial charge in [-0.3, -0.25) is 0 Å². The molecule has 1 atom stereocenters. The maximum Gasteiger partial charge on any atom is 0.417 e. The lowest BCUT2D eigenvalue weighted by molar-refractivity contribution is -0.139. The van der Waals surface area contributed by atoms with Crippen molar-refractivity contribution in [1.82, 2.24) is 9.73 Å². The van der Waals surface area contributed by atoms with E-state index in [1.807, 2.05) is 0 Å². The summed E-state index contributed by atoms with van der Waals surface area (Å²) in [6, 6.07) is 2.16. The number of carbonyl (C=O) groups is 1. The first-order chi connectivity index (χ1) is 10.1. The van der Waals surface area contributed by atoms with Crippen molar-refractivity contribution in [1.29, 1.82) is 0 Å². The third-order valence-corrected chi connectivity index (χ3v) is 4.36. The van der Waals surface area contributed by atoms with Crippen molar-refractivity contribution in [2.24, 2.45) is 5.10 Å². The molecule has 1 unspecified atom stereocenters. The standard InChI is InChI=1S/C12H12F3N3O3S/c1-8-6-7-16-18(8)11(19)17-22(20,21)10-5-3-2-4-9(10)12(13,14)15/h2-5,7-8H,6H2,1H3,(H,17,19). The molecule has 1 aliphatic heterocycles. The molecule has 1 aliphatic rings. The van der Waals surface area contributed by atoms with Gasteiger partial charge >= 0.3 is 12.2 Å². The number of hydrogen-bond acceptors (Lipinski definition) is 4. The molecule has 1 aromatic rings. The van der Waals surface area contributed by atoms with E-state index in [2.05, 4.69) is 5.10 Å². The summed E-state index contributed by atoms with van der Waals surface area (Å²) in [5, 5.41) is 4.54. The van der Waals surface area contributed by atoms with Gasteiger partial charge in [0.1, 0.15) is 0 Å². The summed E-state index contributed by atoms with van der Waals surface area (Å²) in [5.41, 5.74) is -1.34. The third kappa shape index (κ3) is 3.21. The lowest BCUT2D eigenvalue weighted by Gasteiger charge is -2.19. The summed E-state index contributed by atoms with van der Waals surface area (Å²) in [4.78, 5) is 10.8. The second kappa shape index (κ2) is 5.59. The molecule has 0 aromatic heterocycles.